The molecule has 0 amide bonds. The van der Waals surface area contributed by atoms with Crippen molar-refractivity contribution in [3.05, 3.63) is 30.1 Å². The molecule has 1 fully saturated rings. The number of carboxylic acid groups (broad SMARTS) is 1. The van der Waals surface area contributed by atoms with Crippen LogP contribution < -0.4 is 4.74 Å². The zero-order valence-corrected chi connectivity index (χ0v) is 12.0. The van der Waals surface area contributed by atoms with E-state index in [9.17, 15) is 9.18 Å². The average molecular weight is 296 g/mol. The summed E-state index contributed by atoms with van der Waals surface area (Å²) in [6.45, 7) is 4.83. The summed E-state index contributed by atoms with van der Waals surface area (Å²) in [7, 11) is 0. The number of aliphatic carboxylic acids is 1. The van der Waals surface area contributed by atoms with E-state index in [1.807, 2.05) is 4.90 Å². The second-order valence-electron chi connectivity index (χ2n) is 5.17. The summed E-state index contributed by atoms with van der Waals surface area (Å²) in [4.78, 5) is 14.9. The lowest BCUT2D eigenvalue weighted by Crippen LogP contribution is -2.35. The molecule has 1 aliphatic rings. The predicted molar refractivity (Wildman–Crippen MR) is 77.0 cm³/mol. The molecule has 1 aromatic rings. The van der Waals surface area contributed by atoms with Gasteiger partial charge in [0, 0.05) is 26.2 Å². The minimum Gasteiger partial charge on any atom is -0.492 e. The lowest BCUT2D eigenvalue weighted by atomic mass is 10.3. The van der Waals surface area contributed by atoms with Crippen molar-refractivity contribution in [2.45, 2.75) is 6.42 Å². The molecule has 0 aromatic heterocycles. The van der Waals surface area contributed by atoms with Crippen LogP contribution in [-0.2, 0) is 4.79 Å². The molecule has 1 saturated heterocycles. The number of carboxylic acids is 1. The van der Waals surface area contributed by atoms with E-state index in [0.29, 0.717) is 12.4 Å². The van der Waals surface area contributed by atoms with Gasteiger partial charge >= 0.3 is 5.97 Å². The summed E-state index contributed by atoms with van der Waals surface area (Å²) in [5.41, 5.74) is 0. The highest BCUT2D eigenvalue weighted by molar-refractivity contribution is 5.69. The van der Waals surface area contributed by atoms with Gasteiger partial charge in [-0.15, -0.1) is 0 Å². The molecule has 116 valence electrons. The predicted octanol–water partition coefficient (Wildman–Crippen LogP) is 1.30. The molecule has 0 saturated carbocycles. The summed E-state index contributed by atoms with van der Waals surface area (Å²) in [5, 5.41) is 8.81. The Hall–Kier alpha value is -1.66. The van der Waals surface area contributed by atoms with Crippen LogP contribution in [0.4, 0.5) is 4.39 Å². The Morgan fingerprint density at radius 2 is 1.81 bits per heavy atom. The first-order valence-corrected chi connectivity index (χ1v) is 7.18. The van der Waals surface area contributed by atoms with Gasteiger partial charge in [0.15, 0.2) is 0 Å². The maximum atomic E-state index is 12.8. The Kier molecular flexibility index (Phi) is 5.95. The molecule has 5 nitrogen and oxygen atoms in total. The van der Waals surface area contributed by atoms with Gasteiger partial charge in [-0.25, -0.2) is 4.39 Å². The van der Waals surface area contributed by atoms with Crippen LogP contribution in [0.1, 0.15) is 6.42 Å². The van der Waals surface area contributed by atoms with Crippen molar-refractivity contribution in [3.63, 3.8) is 0 Å². The van der Waals surface area contributed by atoms with E-state index in [1.165, 1.54) is 12.1 Å². The molecule has 1 aromatic carbocycles. The summed E-state index contributed by atoms with van der Waals surface area (Å²) in [5.74, 6) is -0.379. The lowest BCUT2D eigenvalue weighted by Gasteiger charge is -2.20. The minimum atomic E-state index is -0.775. The lowest BCUT2D eigenvalue weighted by molar-refractivity contribution is -0.138. The number of hydrogen-bond donors (Lipinski definition) is 1. The van der Waals surface area contributed by atoms with Crippen LogP contribution >= 0.6 is 0 Å². The highest BCUT2D eigenvalue weighted by Gasteiger charge is 2.16. The monoisotopic (exact) mass is 296 g/mol. The average Bonchev–Trinajstić information content (AvgIpc) is 2.66. The highest BCUT2D eigenvalue weighted by Crippen LogP contribution is 2.11. The molecule has 2 rings (SSSR count). The normalized spacial score (nSPS) is 17.4. The topological polar surface area (TPSA) is 53.0 Å². The number of ether oxygens (including phenoxy) is 1. The van der Waals surface area contributed by atoms with Crippen molar-refractivity contribution >= 4 is 5.97 Å². The third-order valence-corrected chi connectivity index (χ3v) is 3.53. The van der Waals surface area contributed by atoms with Crippen LogP contribution in [0.3, 0.4) is 0 Å². The van der Waals surface area contributed by atoms with Gasteiger partial charge in [0.05, 0.1) is 6.54 Å². The van der Waals surface area contributed by atoms with Crippen molar-refractivity contribution in [1.82, 2.24) is 9.80 Å². The SMILES string of the molecule is O=C(O)CN1CCCN(CCOc2ccc(F)cc2)CC1. The molecule has 6 heteroatoms. The molecule has 0 radical (unpaired) electrons. The quantitative estimate of drug-likeness (QED) is 0.857. The molecule has 1 N–H and O–H groups in total. The van der Waals surface area contributed by atoms with E-state index in [-0.39, 0.29) is 12.4 Å². The second kappa shape index (κ2) is 7.95. The van der Waals surface area contributed by atoms with Gasteiger partial charge in [-0.2, -0.15) is 0 Å². The third-order valence-electron chi connectivity index (χ3n) is 3.53. The fraction of sp³-hybridized carbons (Fsp3) is 0.533. The summed E-state index contributed by atoms with van der Waals surface area (Å²) >= 11 is 0. The van der Waals surface area contributed by atoms with Crippen molar-refractivity contribution in [2.75, 3.05) is 45.9 Å². The first-order valence-electron chi connectivity index (χ1n) is 7.18. The second-order valence-corrected chi connectivity index (χ2v) is 5.17. The Balaban J connectivity index is 1.69. The molecular weight excluding hydrogens is 275 g/mol. The van der Waals surface area contributed by atoms with E-state index in [2.05, 4.69) is 4.90 Å². The molecular formula is C15H21FN2O3. The standard InChI is InChI=1S/C15H21FN2O3/c16-13-2-4-14(5-3-13)21-11-10-17-6-1-7-18(9-8-17)12-15(19)20/h2-5H,1,6-12H2,(H,19,20). The fourth-order valence-electron chi connectivity index (χ4n) is 2.42. The Morgan fingerprint density at radius 3 is 2.52 bits per heavy atom. The van der Waals surface area contributed by atoms with Gasteiger partial charge in [-0.3, -0.25) is 14.6 Å². The van der Waals surface area contributed by atoms with Crippen LogP contribution in [0.5, 0.6) is 5.75 Å². The molecule has 21 heavy (non-hydrogen) atoms. The van der Waals surface area contributed by atoms with Crippen LogP contribution in [0.25, 0.3) is 0 Å². The highest BCUT2D eigenvalue weighted by atomic mass is 19.1. The number of hydrogen-bond acceptors (Lipinski definition) is 4. The largest absolute Gasteiger partial charge is 0.492 e. The van der Waals surface area contributed by atoms with Crippen molar-refractivity contribution in [1.29, 1.82) is 0 Å². The third kappa shape index (κ3) is 5.69. The number of carbonyl (C=O) groups is 1. The van der Waals surface area contributed by atoms with Crippen molar-refractivity contribution in [3.8, 4) is 5.75 Å². The van der Waals surface area contributed by atoms with Crippen LogP contribution in [0.15, 0.2) is 24.3 Å². The van der Waals surface area contributed by atoms with Crippen molar-refractivity contribution in [2.24, 2.45) is 0 Å². The van der Waals surface area contributed by atoms with Gasteiger partial charge in [-0.1, -0.05) is 0 Å². The fourth-order valence-corrected chi connectivity index (χ4v) is 2.42. The molecule has 0 spiro atoms. The number of benzene rings is 1. The molecule has 1 heterocycles. The zero-order valence-electron chi connectivity index (χ0n) is 12.0. The van der Waals surface area contributed by atoms with Crippen molar-refractivity contribution < 1.29 is 19.0 Å². The molecule has 1 aliphatic heterocycles. The number of nitrogens with zero attached hydrogens (tertiary/aromatic N) is 2. The maximum absolute atomic E-state index is 12.8. The Bertz CT molecular complexity index is 453. The Morgan fingerprint density at radius 1 is 1.14 bits per heavy atom. The molecule has 0 bridgehead atoms. The smallest absolute Gasteiger partial charge is 0.317 e. The number of halogens is 1. The van der Waals surface area contributed by atoms with Crippen LogP contribution in [0.2, 0.25) is 0 Å². The zero-order chi connectivity index (χ0) is 15.1. The van der Waals surface area contributed by atoms with Gasteiger partial charge in [0.1, 0.15) is 18.2 Å². The first kappa shape index (κ1) is 15.7. The van der Waals surface area contributed by atoms with E-state index in [0.717, 1.165) is 39.1 Å². The van der Waals surface area contributed by atoms with Crippen LogP contribution in [-0.4, -0.2) is 66.8 Å². The minimum absolute atomic E-state index is 0.111. The molecule has 0 unspecified atom stereocenters. The number of rotatable bonds is 6. The van der Waals surface area contributed by atoms with E-state index >= 15 is 0 Å². The van der Waals surface area contributed by atoms with Gasteiger partial charge in [0.2, 0.25) is 0 Å². The van der Waals surface area contributed by atoms with E-state index < -0.39 is 5.97 Å². The molecule has 0 aliphatic carbocycles. The maximum Gasteiger partial charge on any atom is 0.317 e. The van der Waals surface area contributed by atoms with Crippen LogP contribution in [0, 0.1) is 5.82 Å². The van der Waals surface area contributed by atoms with Gasteiger partial charge in [-0.05, 0) is 37.2 Å². The molecule has 0 atom stereocenters. The Labute approximate surface area is 123 Å². The van der Waals surface area contributed by atoms with Gasteiger partial charge in [0.25, 0.3) is 0 Å². The van der Waals surface area contributed by atoms with E-state index in [1.54, 1.807) is 12.1 Å². The first-order chi connectivity index (χ1) is 10.1. The summed E-state index contributed by atoms with van der Waals surface area (Å²) in [6, 6.07) is 5.99. The summed E-state index contributed by atoms with van der Waals surface area (Å²) in [6.07, 6.45) is 0.962. The van der Waals surface area contributed by atoms with E-state index in [4.69, 9.17) is 9.84 Å². The summed E-state index contributed by atoms with van der Waals surface area (Å²) < 4.78 is 18.3. The van der Waals surface area contributed by atoms with Gasteiger partial charge < -0.3 is 9.84 Å².